The topological polar surface area (TPSA) is 73.4 Å². The summed E-state index contributed by atoms with van der Waals surface area (Å²) in [6.45, 7) is 2.66. The van der Waals surface area contributed by atoms with Crippen LogP contribution in [-0.4, -0.2) is 45.8 Å². The molecule has 29 heavy (non-hydrogen) atoms. The minimum Gasteiger partial charge on any atom is -0.493 e. The molecule has 156 valence electrons. The molecule has 0 aliphatic heterocycles. The van der Waals surface area contributed by atoms with Crippen molar-refractivity contribution in [1.82, 2.24) is 19.6 Å². The van der Waals surface area contributed by atoms with Gasteiger partial charge in [0.25, 0.3) is 0 Å². The molecule has 2 aromatic heterocycles. The molecule has 0 saturated heterocycles. The summed E-state index contributed by atoms with van der Waals surface area (Å²) in [6, 6.07) is 2.62. The van der Waals surface area contributed by atoms with Crippen molar-refractivity contribution < 1.29 is 27.2 Å². The summed E-state index contributed by atoms with van der Waals surface area (Å²) in [4.78, 5) is 17.5. The summed E-state index contributed by atoms with van der Waals surface area (Å²) in [6.07, 6.45) is 1.68. The first-order valence-corrected chi connectivity index (χ1v) is 9.17. The van der Waals surface area contributed by atoms with Crippen LogP contribution in [0.3, 0.4) is 0 Å². The number of hydrogen-bond donors (Lipinski definition) is 0. The molecule has 0 radical (unpaired) electrons. The highest BCUT2D eigenvalue weighted by atomic mass is 19.4. The van der Waals surface area contributed by atoms with Crippen LogP contribution in [0, 0.1) is 0 Å². The summed E-state index contributed by atoms with van der Waals surface area (Å²) in [7, 11) is 1.67. The average molecular weight is 410 g/mol. The lowest BCUT2D eigenvalue weighted by molar-refractivity contribution is -0.141. The molecule has 0 fully saturated rings. The van der Waals surface area contributed by atoms with Gasteiger partial charge in [0.1, 0.15) is 12.1 Å². The Kier molecular flexibility index (Phi) is 6.09. The first-order chi connectivity index (χ1) is 13.8. The van der Waals surface area contributed by atoms with E-state index in [1.807, 2.05) is 6.92 Å². The second-order valence-electron chi connectivity index (χ2n) is 6.57. The van der Waals surface area contributed by atoms with Crippen molar-refractivity contribution in [3.05, 3.63) is 42.1 Å². The van der Waals surface area contributed by atoms with Gasteiger partial charge in [-0.25, -0.2) is 9.78 Å². The summed E-state index contributed by atoms with van der Waals surface area (Å²) < 4.78 is 51.4. The number of carbonyl (C=O) groups is 1. The number of halogens is 3. The van der Waals surface area contributed by atoms with E-state index in [0.29, 0.717) is 43.7 Å². The fourth-order valence-electron chi connectivity index (χ4n) is 3.02. The van der Waals surface area contributed by atoms with E-state index < -0.39 is 11.9 Å². The van der Waals surface area contributed by atoms with Crippen LogP contribution in [0.5, 0.6) is 5.75 Å². The monoisotopic (exact) mass is 410 g/mol. The number of fused-ring (bicyclic) bond motifs is 1. The molecule has 10 heteroatoms. The largest absolute Gasteiger partial charge is 0.493 e. The minimum absolute atomic E-state index is 0.0704. The average Bonchev–Trinajstić information content (AvgIpc) is 3.35. The fraction of sp³-hybridized carbons (Fsp3) is 0.421. The molecule has 7 nitrogen and oxygen atoms in total. The van der Waals surface area contributed by atoms with E-state index >= 15 is 0 Å². The van der Waals surface area contributed by atoms with Gasteiger partial charge in [0.05, 0.1) is 12.0 Å². The standard InChI is InChI=1S/C19H21F3N4O3/c1-3-5-13-15(7-6-14-16(13)29-24-17(14)19(20,21)22)28-11-4-9-25(2)18(27)26-10-8-23-12-26/h6-8,10,12H,3-5,9,11H2,1-2H3. The summed E-state index contributed by atoms with van der Waals surface area (Å²) >= 11 is 0. The van der Waals surface area contributed by atoms with Gasteiger partial charge < -0.3 is 14.2 Å². The molecule has 1 amide bonds. The van der Waals surface area contributed by atoms with Gasteiger partial charge in [-0.05, 0) is 25.0 Å². The molecule has 0 aliphatic rings. The third-order valence-electron chi connectivity index (χ3n) is 4.42. The van der Waals surface area contributed by atoms with E-state index in [1.165, 1.54) is 34.1 Å². The molecule has 0 saturated carbocycles. The Morgan fingerprint density at radius 2 is 2.14 bits per heavy atom. The number of ether oxygens (including phenoxy) is 1. The number of hydrogen-bond acceptors (Lipinski definition) is 5. The molecule has 1 aromatic carbocycles. The van der Waals surface area contributed by atoms with Crippen molar-refractivity contribution in [2.24, 2.45) is 0 Å². The smallest absolute Gasteiger partial charge is 0.437 e. The van der Waals surface area contributed by atoms with E-state index in [9.17, 15) is 18.0 Å². The van der Waals surface area contributed by atoms with E-state index in [4.69, 9.17) is 9.26 Å². The summed E-state index contributed by atoms with van der Waals surface area (Å²) in [5.41, 5.74) is -0.365. The van der Waals surface area contributed by atoms with Gasteiger partial charge in [-0.15, -0.1) is 0 Å². The van der Waals surface area contributed by atoms with Gasteiger partial charge in [-0.2, -0.15) is 13.2 Å². The first kappa shape index (κ1) is 20.7. The van der Waals surface area contributed by atoms with Crippen molar-refractivity contribution in [3.8, 4) is 5.75 Å². The van der Waals surface area contributed by atoms with E-state index in [2.05, 4.69) is 10.1 Å². The summed E-state index contributed by atoms with van der Waals surface area (Å²) in [5, 5.41) is 3.14. The van der Waals surface area contributed by atoms with Crippen molar-refractivity contribution >= 4 is 17.0 Å². The van der Waals surface area contributed by atoms with Crippen molar-refractivity contribution in [2.75, 3.05) is 20.2 Å². The molecule has 3 rings (SSSR count). The Hall–Kier alpha value is -3.04. The molecule has 0 atom stereocenters. The highest BCUT2D eigenvalue weighted by molar-refractivity contribution is 5.85. The van der Waals surface area contributed by atoms with Gasteiger partial charge in [-0.3, -0.25) is 4.57 Å². The number of alkyl halides is 3. The Bertz CT molecular complexity index is 967. The van der Waals surface area contributed by atoms with Crippen LogP contribution in [-0.2, 0) is 12.6 Å². The Morgan fingerprint density at radius 1 is 1.34 bits per heavy atom. The van der Waals surface area contributed by atoms with Gasteiger partial charge in [0, 0.05) is 31.5 Å². The lowest BCUT2D eigenvalue weighted by Gasteiger charge is -2.17. The number of aromatic nitrogens is 3. The zero-order valence-corrected chi connectivity index (χ0v) is 16.1. The fourth-order valence-corrected chi connectivity index (χ4v) is 3.02. The molecule has 0 spiro atoms. The minimum atomic E-state index is -4.58. The quantitative estimate of drug-likeness (QED) is 0.541. The number of benzene rings is 1. The molecule has 0 aliphatic carbocycles. The number of imidazole rings is 1. The highest BCUT2D eigenvalue weighted by Crippen LogP contribution is 2.38. The Morgan fingerprint density at radius 3 is 2.79 bits per heavy atom. The maximum atomic E-state index is 13.1. The third-order valence-corrected chi connectivity index (χ3v) is 4.42. The van der Waals surface area contributed by atoms with Gasteiger partial charge in [0.2, 0.25) is 0 Å². The zero-order valence-electron chi connectivity index (χ0n) is 16.1. The second-order valence-corrected chi connectivity index (χ2v) is 6.57. The van der Waals surface area contributed by atoms with Crippen LogP contribution in [0.25, 0.3) is 11.0 Å². The van der Waals surface area contributed by atoms with Gasteiger partial charge >= 0.3 is 12.2 Å². The number of rotatable bonds is 7. The van der Waals surface area contributed by atoms with Crippen molar-refractivity contribution in [1.29, 1.82) is 0 Å². The highest BCUT2D eigenvalue weighted by Gasteiger charge is 2.37. The molecular weight excluding hydrogens is 389 g/mol. The molecule has 0 bridgehead atoms. The van der Waals surface area contributed by atoms with Crippen LogP contribution < -0.4 is 4.74 Å². The predicted molar refractivity (Wildman–Crippen MR) is 98.8 cm³/mol. The van der Waals surface area contributed by atoms with E-state index in [0.717, 1.165) is 0 Å². The van der Waals surface area contributed by atoms with Gasteiger partial charge in [0.15, 0.2) is 11.3 Å². The van der Waals surface area contributed by atoms with Crippen molar-refractivity contribution in [2.45, 2.75) is 32.4 Å². The Balaban J connectivity index is 1.66. The predicted octanol–water partition coefficient (Wildman–Crippen LogP) is 4.36. The number of aryl methyl sites for hydroxylation is 1. The normalized spacial score (nSPS) is 11.8. The zero-order chi connectivity index (χ0) is 21.0. The van der Waals surface area contributed by atoms with Crippen LogP contribution in [0.15, 0.2) is 35.4 Å². The Labute approximate surface area is 165 Å². The van der Waals surface area contributed by atoms with Crippen LogP contribution in [0.4, 0.5) is 18.0 Å². The molecule has 0 N–H and O–H groups in total. The van der Waals surface area contributed by atoms with Crippen LogP contribution in [0.1, 0.15) is 31.0 Å². The summed E-state index contributed by atoms with van der Waals surface area (Å²) in [5.74, 6) is 0.466. The third kappa shape index (κ3) is 4.52. The molecular formula is C19H21F3N4O3. The number of amides is 1. The van der Waals surface area contributed by atoms with Crippen molar-refractivity contribution in [3.63, 3.8) is 0 Å². The second kappa shape index (κ2) is 8.54. The molecule has 3 aromatic rings. The van der Waals surface area contributed by atoms with E-state index in [-0.39, 0.29) is 17.0 Å². The lowest BCUT2D eigenvalue weighted by atomic mass is 10.0. The van der Waals surface area contributed by atoms with Crippen LogP contribution >= 0.6 is 0 Å². The van der Waals surface area contributed by atoms with Crippen LogP contribution in [0.2, 0.25) is 0 Å². The maximum Gasteiger partial charge on any atom is 0.437 e. The molecule has 2 heterocycles. The van der Waals surface area contributed by atoms with Gasteiger partial charge in [-0.1, -0.05) is 18.5 Å². The maximum absolute atomic E-state index is 13.1. The number of nitrogens with zero attached hydrogens (tertiary/aromatic N) is 4. The lowest BCUT2D eigenvalue weighted by Crippen LogP contribution is -2.31. The number of carbonyl (C=O) groups excluding carboxylic acids is 1. The molecule has 0 unspecified atom stereocenters. The SMILES string of the molecule is CCCc1c(OCCCN(C)C(=O)n2ccnc2)ccc2c(C(F)(F)F)noc12. The first-order valence-electron chi connectivity index (χ1n) is 9.17. The van der Waals surface area contributed by atoms with E-state index in [1.54, 1.807) is 13.2 Å².